The molecule has 0 aromatic carbocycles. The molecule has 1 aliphatic heterocycles. The highest BCUT2D eigenvalue weighted by Crippen LogP contribution is 2.55. The number of rotatable bonds is 3. The van der Waals surface area contributed by atoms with Gasteiger partial charge in [-0.1, -0.05) is 20.8 Å². The molecule has 0 amide bonds. The Morgan fingerprint density at radius 3 is 3.00 bits per heavy atom. The highest BCUT2D eigenvalue weighted by atomic mass is 32.1. The molecule has 2 aromatic rings. The monoisotopic (exact) mass is 317 g/mol. The van der Waals surface area contributed by atoms with Gasteiger partial charge in [-0.25, -0.2) is 9.97 Å². The van der Waals surface area contributed by atoms with Crippen LogP contribution in [0.1, 0.15) is 32.1 Å². The summed E-state index contributed by atoms with van der Waals surface area (Å²) in [5.74, 6) is 1.71. The fourth-order valence-electron chi connectivity index (χ4n) is 4.56. The molecule has 0 N–H and O–H groups in total. The van der Waals surface area contributed by atoms with Crippen molar-refractivity contribution in [3.8, 4) is 0 Å². The minimum atomic E-state index is 0.177. The van der Waals surface area contributed by atoms with E-state index in [0.717, 1.165) is 23.7 Å². The Hall–Kier alpha value is -1.20. The lowest BCUT2D eigenvalue weighted by Gasteiger charge is -2.58. The highest BCUT2D eigenvalue weighted by molar-refractivity contribution is 7.18. The van der Waals surface area contributed by atoms with E-state index in [1.54, 1.807) is 17.7 Å². The predicted molar refractivity (Wildman–Crippen MR) is 90.6 cm³/mol. The first kappa shape index (κ1) is 14.4. The lowest BCUT2D eigenvalue weighted by molar-refractivity contribution is -0.101. The van der Waals surface area contributed by atoms with Gasteiger partial charge < -0.3 is 9.64 Å². The summed E-state index contributed by atoms with van der Waals surface area (Å²) in [5.41, 5.74) is 0.177. The van der Waals surface area contributed by atoms with Crippen LogP contribution in [0.25, 0.3) is 10.2 Å². The summed E-state index contributed by atoms with van der Waals surface area (Å²) in [5, 5.41) is 1.20. The van der Waals surface area contributed by atoms with Gasteiger partial charge in [0.05, 0.1) is 11.5 Å². The first-order valence-electron chi connectivity index (χ1n) is 8.12. The van der Waals surface area contributed by atoms with Crippen LogP contribution in [-0.4, -0.2) is 35.8 Å². The van der Waals surface area contributed by atoms with Gasteiger partial charge in [0, 0.05) is 35.9 Å². The van der Waals surface area contributed by atoms with E-state index < -0.39 is 0 Å². The summed E-state index contributed by atoms with van der Waals surface area (Å²) in [4.78, 5) is 13.9. The number of fused-ring (bicyclic) bond motifs is 2. The molecule has 1 saturated heterocycles. The second kappa shape index (κ2) is 4.90. The molecule has 22 heavy (non-hydrogen) atoms. The molecular weight excluding hydrogens is 294 g/mol. The van der Waals surface area contributed by atoms with Crippen LogP contribution in [0.2, 0.25) is 0 Å². The van der Waals surface area contributed by atoms with Crippen molar-refractivity contribution < 1.29 is 4.74 Å². The molecule has 1 aliphatic carbocycles. The van der Waals surface area contributed by atoms with Crippen LogP contribution in [0.3, 0.4) is 0 Å². The van der Waals surface area contributed by atoms with E-state index >= 15 is 0 Å². The van der Waals surface area contributed by atoms with E-state index in [0.29, 0.717) is 18.1 Å². The van der Waals surface area contributed by atoms with E-state index in [4.69, 9.17) is 4.74 Å². The third-order valence-corrected chi connectivity index (χ3v) is 6.69. The van der Waals surface area contributed by atoms with Gasteiger partial charge in [-0.2, -0.15) is 0 Å². The van der Waals surface area contributed by atoms with Crippen molar-refractivity contribution in [1.82, 2.24) is 9.97 Å². The van der Waals surface area contributed by atoms with Crippen molar-refractivity contribution in [3.05, 3.63) is 17.3 Å². The Morgan fingerprint density at radius 1 is 1.41 bits per heavy atom. The SMILES string of the molecule is CCc1cc2c(N(C)C3C4CCOC4C3(C)C)ncnc2s1. The molecule has 0 spiro atoms. The van der Waals surface area contributed by atoms with Crippen molar-refractivity contribution in [2.24, 2.45) is 11.3 Å². The number of hydrogen-bond acceptors (Lipinski definition) is 5. The first-order valence-corrected chi connectivity index (χ1v) is 8.93. The second-order valence-corrected chi connectivity index (χ2v) is 8.22. The van der Waals surface area contributed by atoms with E-state index in [-0.39, 0.29) is 5.41 Å². The molecule has 3 atom stereocenters. The molecular formula is C17H23N3OS. The van der Waals surface area contributed by atoms with Gasteiger partial charge in [-0.15, -0.1) is 11.3 Å². The fraction of sp³-hybridized carbons (Fsp3) is 0.647. The Morgan fingerprint density at radius 2 is 2.23 bits per heavy atom. The molecule has 4 rings (SSSR count). The molecule has 3 unspecified atom stereocenters. The third-order valence-electron chi connectivity index (χ3n) is 5.50. The Kier molecular flexibility index (Phi) is 3.20. The molecule has 0 bridgehead atoms. The maximum absolute atomic E-state index is 5.94. The highest BCUT2D eigenvalue weighted by Gasteiger charge is 2.61. The lowest BCUT2D eigenvalue weighted by atomic mass is 9.57. The quantitative estimate of drug-likeness (QED) is 0.868. The summed E-state index contributed by atoms with van der Waals surface area (Å²) in [6.07, 6.45) is 4.34. The van der Waals surface area contributed by atoms with Crippen molar-refractivity contribution in [1.29, 1.82) is 0 Å². The topological polar surface area (TPSA) is 38.2 Å². The molecule has 5 heteroatoms. The van der Waals surface area contributed by atoms with Gasteiger partial charge in [0.25, 0.3) is 0 Å². The third kappa shape index (κ3) is 1.85. The number of anilines is 1. The molecule has 4 nitrogen and oxygen atoms in total. The first-order chi connectivity index (χ1) is 10.5. The van der Waals surface area contributed by atoms with E-state index in [9.17, 15) is 0 Å². The van der Waals surface area contributed by atoms with Gasteiger partial charge in [0.1, 0.15) is 17.0 Å². The number of aryl methyl sites for hydroxylation is 1. The van der Waals surface area contributed by atoms with Gasteiger partial charge in [0.15, 0.2) is 0 Å². The maximum atomic E-state index is 5.94. The van der Waals surface area contributed by atoms with Gasteiger partial charge in [-0.05, 0) is 18.9 Å². The molecule has 2 aliphatic rings. The van der Waals surface area contributed by atoms with Crippen molar-refractivity contribution >= 4 is 27.4 Å². The standard InChI is InChI=1S/C17H23N3OS/c1-5-10-8-12-15(18-9-19-16(12)22-10)20(4)13-11-6-7-21-14(11)17(13,2)3/h8-9,11,13-14H,5-7H2,1-4H3. The minimum absolute atomic E-state index is 0.177. The largest absolute Gasteiger partial charge is 0.377 e. The summed E-state index contributed by atoms with van der Waals surface area (Å²) < 4.78 is 5.94. The van der Waals surface area contributed by atoms with Crippen LogP contribution in [0.4, 0.5) is 5.82 Å². The van der Waals surface area contributed by atoms with E-state index in [2.05, 4.69) is 48.8 Å². The van der Waals surface area contributed by atoms with Crippen LogP contribution < -0.4 is 4.90 Å². The van der Waals surface area contributed by atoms with Crippen molar-refractivity contribution in [2.45, 2.75) is 45.8 Å². The summed E-state index contributed by atoms with van der Waals surface area (Å²) >= 11 is 1.78. The predicted octanol–water partition coefficient (Wildman–Crippen LogP) is 3.50. The fourth-order valence-corrected chi connectivity index (χ4v) is 5.49. The minimum Gasteiger partial charge on any atom is -0.377 e. The summed E-state index contributed by atoms with van der Waals surface area (Å²) in [7, 11) is 2.19. The zero-order valence-electron chi connectivity index (χ0n) is 13.7. The number of aromatic nitrogens is 2. The molecule has 3 heterocycles. The molecule has 118 valence electrons. The van der Waals surface area contributed by atoms with Crippen LogP contribution in [-0.2, 0) is 11.2 Å². The van der Waals surface area contributed by atoms with Gasteiger partial charge in [-0.3, -0.25) is 0 Å². The van der Waals surface area contributed by atoms with Gasteiger partial charge in [0.2, 0.25) is 0 Å². The van der Waals surface area contributed by atoms with Gasteiger partial charge >= 0.3 is 0 Å². The molecule has 1 saturated carbocycles. The van der Waals surface area contributed by atoms with E-state index in [1.807, 2.05) is 0 Å². The Balaban J connectivity index is 1.74. The van der Waals surface area contributed by atoms with Crippen LogP contribution in [0, 0.1) is 11.3 Å². The number of nitrogens with zero attached hydrogens (tertiary/aromatic N) is 3. The smallest absolute Gasteiger partial charge is 0.140 e. The number of ether oxygens (including phenoxy) is 1. The van der Waals surface area contributed by atoms with Crippen LogP contribution >= 0.6 is 11.3 Å². The van der Waals surface area contributed by atoms with Crippen LogP contribution in [0.5, 0.6) is 0 Å². The zero-order chi connectivity index (χ0) is 15.5. The van der Waals surface area contributed by atoms with Crippen molar-refractivity contribution in [3.63, 3.8) is 0 Å². The second-order valence-electron chi connectivity index (χ2n) is 7.10. The zero-order valence-corrected chi connectivity index (χ0v) is 14.5. The number of thiophene rings is 1. The lowest BCUT2D eigenvalue weighted by Crippen LogP contribution is -2.66. The molecule has 0 radical (unpaired) electrons. The van der Waals surface area contributed by atoms with Crippen molar-refractivity contribution in [2.75, 3.05) is 18.6 Å². The normalized spacial score (nSPS) is 29.4. The molecule has 2 fully saturated rings. The van der Waals surface area contributed by atoms with E-state index in [1.165, 1.54) is 16.7 Å². The molecule has 2 aromatic heterocycles. The summed E-state index contributed by atoms with van der Waals surface area (Å²) in [6, 6.07) is 2.75. The Bertz CT molecular complexity index is 711. The average molecular weight is 317 g/mol. The number of hydrogen-bond donors (Lipinski definition) is 0. The average Bonchev–Trinajstić information content (AvgIpc) is 3.10. The maximum Gasteiger partial charge on any atom is 0.140 e. The Labute approximate surface area is 135 Å². The summed E-state index contributed by atoms with van der Waals surface area (Å²) in [6.45, 7) is 7.74. The van der Waals surface area contributed by atoms with Crippen LogP contribution in [0.15, 0.2) is 12.4 Å².